The van der Waals surface area contributed by atoms with Gasteiger partial charge in [0, 0.05) is 19.5 Å². The second-order valence-electron chi connectivity index (χ2n) is 10.2. The molecule has 192 valence electrons. The number of rotatable bonds is 3. The molecule has 0 amide bonds. The van der Waals surface area contributed by atoms with Gasteiger partial charge in [0.15, 0.2) is 0 Å². The Hall–Kier alpha value is -3.14. The predicted octanol–water partition coefficient (Wildman–Crippen LogP) is 8.25. The van der Waals surface area contributed by atoms with Gasteiger partial charge in [-0.25, -0.2) is 9.97 Å². The van der Waals surface area contributed by atoms with Gasteiger partial charge in [0.2, 0.25) is 0 Å². The van der Waals surface area contributed by atoms with Crippen LogP contribution in [0.25, 0.3) is 21.7 Å². The molecule has 5 rings (SSSR count). The maximum Gasteiger partial charge on any atom is 0.139 e. The van der Waals surface area contributed by atoms with E-state index in [1.807, 2.05) is 56.3 Å². The fourth-order valence-electron chi connectivity index (χ4n) is 4.67. The van der Waals surface area contributed by atoms with Gasteiger partial charge < -0.3 is 9.64 Å². The summed E-state index contributed by atoms with van der Waals surface area (Å²) < 4.78 is 5.34. The van der Waals surface area contributed by atoms with Crippen LogP contribution in [0.15, 0.2) is 60.7 Å². The summed E-state index contributed by atoms with van der Waals surface area (Å²) in [5.74, 6) is 4.82. The molecule has 4 nitrogen and oxygen atoms in total. The van der Waals surface area contributed by atoms with E-state index in [0.29, 0.717) is 0 Å². The van der Waals surface area contributed by atoms with E-state index in [1.165, 1.54) is 42.0 Å². The molecule has 1 aliphatic carbocycles. The highest BCUT2D eigenvalue weighted by atomic mass is 16.5. The summed E-state index contributed by atoms with van der Waals surface area (Å²) in [7, 11) is 5.71. The van der Waals surface area contributed by atoms with Gasteiger partial charge in [-0.2, -0.15) is 0 Å². The van der Waals surface area contributed by atoms with Gasteiger partial charge in [0.05, 0.1) is 12.6 Å². The van der Waals surface area contributed by atoms with Crippen LogP contribution in [-0.4, -0.2) is 31.2 Å². The van der Waals surface area contributed by atoms with Crippen molar-refractivity contribution >= 4 is 27.5 Å². The van der Waals surface area contributed by atoms with Crippen LogP contribution >= 0.6 is 0 Å². The number of benzene rings is 3. The standard InChI is InChI=1S/C13H14O.C11H13N3.C8H16/c1-3-10-8-11-6-4-5-7-12(11)9-13(10)14-2;1-8-12-10-7-5-4-6-9(10)11(13-8)14(2)3;1-7-3-5-8(2)6-4-7/h4-9H,3H2,1-2H3;4-7H,1-3H3;7-8H,3-6H2,1-2H3. The Morgan fingerprint density at radius 1 is 0.833 bits per heavy atom. The minimum atomic E-state index is 0.812. The topological polar surface area (TPSA) is 38.2 Å². The Kier molecular flexibility index (Phi) is 10.1. The van der Waals surface area contributed by atoms with Crippen molar-refractivity contribution in [2.24, 2.45) is 11.8 Å². The average molecular weight is 486 g/mol. The van der Waals surface area contributed by atoms with Crippen LogP contribution in [0.2, 0.25) is 0 Å². The summed E-state index contributed by atoms with van der Waals surface area (Å²) in [5.41, 5.74) is 2.27. The monoisotopic (exact) mass is 485 g/mol. The molecular weight excluding hydrogens is 442 g/mol. The lowest BCUT2D eigenvalue weighted by Gasteiger charge is -2.22. The van der Waals surface area contributed by atoms with Crippen LogP contribution in [0, 0.1) is 18.8 Å². The lowest BCUT2D eigenvalue weighted by Crippen LogP contribution is -2.12. The highest BCUT2D eigenvalue weighted by Gasteiger charge is 2.13. The van der Waals surface area contributed by atoms with E-state index in [4.69, 9.17) is 4.74 Å². The van der Waals surface area contributed by atoms with Crippen LogP contribution in [0.5, 0.6) is 5.75 Å². The van der Waals surface area contributed by atoms with Crippen LogP contribution in [-0.2, 0) is 6.42 Å². The number of hydrogen-bond acceptors (Lipinski definition) is 4. The maximum atomic E-state index is 5.34. The molecule has 1 aliphatic rings. The number of anilines is 1. The Morgan fingerprint density at radius 2 is 1.39 bits per heavy atom. The van der Waals surface area contributed by atoms with E-state index < -0.39 is 0 Å². The number of hydrogen-bond donors (Lipinski definition) is 0. The number of aryl methyl sites for hydroxylation is 2. The SMILES string of the molecule is CC1CCC(C)CC1.CCc1cc2ccccc2cc1OC.Cc1nc(N(C)C)c2ccccc2n1. The summed E-state index contributed by atoms with van der Waals surface area (Å²) >= 11 is 0. The van der Waals surface area contributed by atoms with Crippen molar-refractivity contribution in [3.63, 3.8) is 0 Å². The highest BCUT2D eigenvalue weighted by molar-refractivity contribution is 5.89. The molecule has 1 heterocycles. The van der Waals surface area contributed by atoms with Gasteiger partial charge in [-0.15, -0.1) is 0 Å². The van der Waals surface area contributed by atoms with Gasteiger partial charge in [0.25, 0.3) is 0 Å². The van der Waals surface area contributed by atoms with E-state index in [9.17, 15) is 0 Å². The number of aromatic nitrogens is 2. The molecule has 0 bridgehead atoms. The van der Waals surface area contributed by atoms with E-state index in [-0.39, 0.29) is 0 Å². The lowest BCUT2D eigenvalue weighted by atomic mass is 9.84. The van der Waals surface area contributed by atoms with Gasteiger partial charge in [-0.05, 0) is 65.8 Å². The second kappa shape index (κ2) is 13.2. The lowest BCUT2D eigenvalue weighted by molar-refractivity contribution is 0.308. The van der Waals surface area contributed by atoms with Crippen LogP contribution in [0.1, 0.15) is 57.8 Å². The first kappa shape index (κ1) is 27.4. The zero-order valence-electron chi connectivity index (χ0n) is 23.2. The molecule has 1 fully saturated rings. The molecule has 0 radical (unpaired) electrons. The molecule has 0 saturated heterocycles. The third-order valence-corrected chi connectivity index (χ3v) is 6.95. The zero-order chi connectivity index (χ0) is 26.1. The van der Waals surface area contributed by atoms with Crippen molar-refractivity contribution in [2.75, 3.05) is 26.1 Å². The minimum Gasteiger partial charge on any atom is -0.496 e. The van der Waals surface area contributed by atoms with Crippen molar-refractivity contribution < 1.29 is 4.74 Å². The molecular formula is C32H43N3O. The van der Waals surface area contributed by atoms with E-state index in [2.05, 4.69) is 61.1 Å². The van der Waals surface area contributed by atoms with E-state index in [0.717, 1.165) is 46.6 Å². The third-order valence-electron chi connectivity index (χ3n) is 6.95. The van der Waals surface area contributed by atoms with Crippen LogP contribution < -0.4 is 9.64 Å². The van der Waals surface area contributed by atoms with E-state index >= 15 is 0 Å². The Labute approximate surface area is 217 Å². The number of ether oxygens (including phenoxy) is 1. The Balaban J connectivity index is 0.000000157. The number of nitrogens with zero attached hydrogens (tertiary/aromatic N) is 3. The highest BCUT2D eigenvalue weighted by Crippen LogP contribution is 2.27. The molecule has 0 atom stereocenters. The summed E-state index contributed by atoms with van der Waals surface area (Å²) in [4.78, 5) is 10.8. The quantitative estimate of drug-likeness (QED) is 0.293. The molecule has 3 aromatic carbocycles. The summed E-state index contributed by atoms with van der Waals surface area (Å²) in [6, 6.07) is 20.7. The molecule has 4 aromatic rings. The van der Waals surface area contributed by atoms with Crippen molar-refractivity contribution in [2.45, 2.75) is 59.8 Å². The summed E-state index contributed by atoms with van der Waals surface area (Å²) in [6.45, 7) is 8.80. The molecule has 0 unspecified atom stereocenters. The van der Waals surface area contributed by atoms with E-state index in [1.54, 1.807) is 7.11 Å². The second-order valence-corrected chi connectivity index (χ2v) is 10.2. The molecule has 1 aromatic heterocycles. The molecule has 4 heteroatoms. The summed E-state index contributed by atoms with van der Waals surface area (Å²) in [5, 5.41) is 3.62. The Morgan fingerprint density at radius 3 is 1.94 bits per heavy atom. The number of para-hydroxylation sites is 1. The van der Waals surface area contributed by atoms with Crippen molar-refractivity contribution in [3.8, 4) is 5.75 Å². The first-order valence-corrected chi connectivity index (χ1v) is 13.3. The van der Waals surface area contributed by atoms with Crippen LogP contribution in [0.3, 0.4) is 0 Å². The molecule has 0 N–H and O–H groups in total. The minimum absolute atomic E-state index is 0.812. The smallest absolute Gasteiger partial charge is 0.139 e. The fraction of sp³-hybridized carbons (Fsp3) is 0.438. The maximum absolute atomic E-state index is 5.34. The van der Waals surface area contributed by atoms with Crippen LogP contribution in [0.4, 0.5) is 5.82 Å². The van der Waals surface area contributed by atoms with Crippen molar-refractivity contribution in [1.82, 2.24) is 9.97 Å². The fourth-order valence-corrected chi connectivity index (χ4v) is 4.67. The van der Waals surface area contributed by atoms with Crippen molar-refractivity contribution in [3.05, 3.63) is 72.1 Å². The number of methoxy groups -OCH3 is 1. The summed E-state index contributed by atoms with van der Waals surface area (Å²) in [6.07, 6.45) is 6.90. The average Bonchev–Trinajstić information content (AvgIpc) is 2.89. The molecule has 36 heavy (non-hydrogen) atoms. The van der Waals surface area contributed by atoms with Crippen molar-refractivity contribution in [1.29, 1.82) is 0 Å². The first-order valence-electron chi connectivity index (χ1n) is 13.3. The first-order chi connectivity index (χ1) is 17.3. The van der Waals surface area contributed by atoms with Gasteiger partial charge in [-0.1, -0.05) is 82.9 Å². The molecule has 0 spiro atoms. The third kappa shape index (κ3) is 7.43. The molecule has 1 saturated carbocycles. The van der Waals surface area contributed by atoms with Gasteiger partial charge >= 0.3 is 0 Å². The van der Waals surface area contributed by atoms with Gasteiger partial charge in [0.1, 0.15) is 17.4 Å². The zero-order valence-corrected chi connectivity index (χ0v) is 23.2. The Bertz CT molecular complexity index is 1190. The number of fused-ring (bicyclic) bond motifs is 2. The largest absolute Gasteiger partial charge is 0.496 e. The van der Waals surface area contributed by atoms with Gasteiger partial charge in [-0.3, -0.25) is 0 Å². The predicted molar refractivity (Wildman–Crippen MR) is 155 cm³/mol. The molecule has 0 aliphatic heterocycles. The normalized spacial score (nSPS) is 17.0.